The van der Waals surface area contributed by atoms with E-state index in [0.29, 0.717) is 32.0 Å². The summed E-state index contributed by atoms with van der Waals surface area (Å²) in [4.78, 5) is 23.9. The molecule has 148 valence electrons. The number of carbonyl (C=O) groups is 1. The Morgan fingerprint density at radius 1 is 1.54 bits per heavy atom. The van der Waals surface area contributed by atoms with E-state index in [-0.39, 0.29) is 11.8 Å². The second-order valence-corrected chi connectivity index (χ2v) is 7.53. The molecule has 2 aliphatic heterocycles. The van der Waals surface area contributed by atoms with E-state index in [0.717, 1.165) is 37.4 Å². The number of nitrogens with one attached hydrogen (secondary N) is 2. The Hall–Kier alpha value is -2.58. The van der Waals surface area contributed by atoms with E-state index in [1.165, 1.54) is 0 Å². The minimum atomic E-state index is -0.427. The van der Waals surface area contributed by atoms with Crippen LogP contribution in [0.25, 0.3) is 11.4 Å². The van der Waals surface area contributed by atoms with Crippen molar-refractivity contribution in [2.75, 3.05) is 39.4 Å². The second-order valence-electron chi connectivity index (χ2n) is 7.53. The summed E-state index contributed by atoms with van der Waals surface area (Å²) in [6, 6.07) is 3.77. The normalized spacial score (nSPS) is 24.2. The molecule has 1 amide bonds. The van der Waals surface area contributed by atoms with Crippen LogP contribution in [0, 0.1) is 11.3 Å². The van der Waals surface area contributed by atoms with Gasteiger partial charge in [0.05, 0.1) is 18.6 Å². The number of amides is 1. The number of pyridine rings is 1. The molecule has 2 aromatic rings. The molecular weight excluding hydrogens is 356 g/mol. The summed E-state index contributed by atoms with van der Waals surface area (Å²) in [5.74, 6) is 1.71. The summed E-state index contributed by atoms with van der Waals surface area (Å²) >= 11 is 0. The van der Waals surface area contributed by atoms with Gasteiger partial charge in [-0.25, -0.2) is 4.98 Å². The highest BCUT2D eigenvalue weighted by Gasteiger charge is 2.55. The molecule has 2 N–H and O–H groups in total. The van der Waals surface area contributed by atoms with E-state index in [4.69, 9.17) is 4.74 Å². The smallest absolute Gasteiger partial charge is 0.230 e. The Morgan fingerprint density at radius 2 is 2.46 bits per heavy atom. The number of rotatable bonds is 8. The average Bonchev–Trinajstić information content (AvgIpc) is 3.41. The van der Waals surface area contributed by atoms with Gasteiger partial charge in [-0.15, -0.1) is 6.58 Å². The van der Waals surface area contributed by atoms with Gasteiger partial charge in [0.1, 0.15) is 5.82 Å². The number of nitrogens with zero attached hydrogens (tertiary/aromatic N) is 4. The second kappa shape index (κ2) is 8.20. The number of fused-ring (bicyclic) bond motifs is 1. The first-order valence-electron chi connectivity index (χ1n) is 9.72. The molecule has 28 heavy (non-hydrogen) atoms. The standard InChI is InChI=1S/C20H26N6O2/c1-2-3-9-26-11-16-12-28-14-20(16,13-26)19(27)22-8-6-17-23-18(25-24-17)15-5-4-7-21-10-15/h2,4-5,7,10,16H,1,3,6,8-9,11-14H2,(H,22,27)(H,23,24,25)/t16-,20-/m0/s1. The van der Waals surface area contributed by atoms with Gasteiger partial charge in [-0.1, -0.05) is 6.08 Å². The molecule has 0 radical (unpaired) electrons. The molecule has 2 aromatic heterocycles. The molecule has 8 nitrogen and oxygen atoms in total. The van der Waals surface area contributed by atoms with Crippen LogP contribution in [0.15, 0.2) is 37.2 Å². The lowest BCUT2D eigenvalue weighted by atomic mass is 9.80. The fraction of sp³-hybridized carbons (Fsp3) is 0.500. The summed E-state index contributed by atoms with van der Waals surface area (Å²) in [5, 5.41) is 10.3. The van der Waals surface area contributed by atoms with Crippen molar-refractivity contribution in [1.29, 1.82) is 0 Å². The summed E-state index contributed by atoms with van der Waals surface area (Å²) < 4.78 is 5.66. The van der Waals surface area contributed by atoms with Gasteiger partial charge >= 0.3 is 0 Å². The van der Waals surface area contributed by atoms with E-state index < -0.39 is 5.41 Å². The molecule has 2 aliphatic rings. The number of carbonyl (C=O) groups excluding carboxylic acids is 1. The highest BCUT2D eigenvalue weighted by atomic mass is 16.5. The molecule has 0 unspecified atom stereocenters. The van der Waals surface area contributed by atoms with Gasteiger partial charge in [-0.2, -0.15) is 5.10 Å². The predicted molar refractivity (Wildman–Crippen MR) is 104 cm³/mol. The molecule has 0 saturated carbocycles. The number of likely N-dealkylation sites (tertiary alicyclic amines) is 1. The summed E-state index contributed by atoms with van der Waals surface area (Å²) in [5.41, 5.74) is 0.438. The first-order chi connectivity index (χ1) is 13.7. The van der Waals surface area contributed by atoms with E-state index >= 15 is 0 Å². The Morgan fingerprint density at radius 3 is 3.29 bits per heavy atom. The van der Waals surface area contributed by atoms with Crippen LogP contribution in [0.4, 0.5) is 0 Å². The third-order valence-corrected chi connectivity index (χ3v) is 5.64. The third-order valence-electron chi connectivity index (χ3n) is 5.64. The van der Waals surface area contributed by atoms with Crippen molar-refractivity contribution in [2.45, 2.75) is 12.8 Å². The quantitative estimate of drug-likeness (QED) is 0.663. The Labute approximate surface area is 164 Å². The maximum Gasteiger partial charge on any atom is 0.230 e. The van der Waals surface area contributed by atoms with Crippen LogP contribution in [0.3, 0.4) is 0 Å². The SMILES string of the molecule is C=CCCN1C[C@H]2COC[C@@]2(C(=O)NCCc2nc(-c3cccnc3)n[nH]2)C1. The number of aromatic nitrogens is 4. The van der Waals surface area contributed by atoms with E-state index in [1.807, 2.05) is 18.2 Å². The fourth-order valence-electron chi connectivity index (χ4n) is 4.11. The van der Waals surface area contributed by atoms with Gasteiger partial charge in [0.25, 0.3) is 0 Å². The van der Waals surface area contributed by atoms with E-state index in [2.05, 4.69) is 37.0 Å². The first kappa shape index (κ1) is 18.8. The lowest BCUT2D eigenvalue weighted by Crippen LogP contribution is -2.47. The lowest BCUT2D eigenvalue weighted by molar-refractivity contribution is -0.131. The minimum Gasteiger partial charge on any atom is -0.380 e. The zero-order chi connectivity index (χ0) is 19.4. The monoisotopic (exact) mass is 382 g/mol. The molecule has 4 heterocycles. The number of H-pyrrole nitrogens is 1. The number of hydrogen-bond donors (Lipinski definition) is 2. The molecular formula is C20H26N6O2. The molecule has 0 aliphatic carbocycles. The van der Waals surface area contributed by atoms with Crippen LogP contribution in [0.5, 0.6) is 0 Å². The molecule has 2 fully saturated rings. The Bertz CT molecular complexity index is 823. The summed E-state index contributed by atoms with van der Waals surface area (Å²) in [6.45, 7) is 8.08. The van der Waals surface area contributed by atoms with Gasteiger partial charge in [-0.05, 0) is 18.6 Å². The number of hydrogen-bond acceptors (Lipinski definition) is 6. The summed E-state index contributed by atoms with van der Waals surface area (Å²) in [6.07, 6.45) is 6.91. The van der Waals surface area contributed by atoms with Crippen molar-refractivity contribution in [2.24, 2.45) is 11.3 Å². The third kappa shape index (κ3) is 3.70. The van der Waals surface area contributed by atoms with Crippen molar-refractivity contribution in [3.63, 3.8) is 0 Å². The molecule has 8 heteroatoms. The predicted octanol–water partition coefficient (Wildman–Crippen LogP) is 1.05. The number of aromatic amines is 1. The summed E-state index contributed by atoms with van der Waals surface area (Å²) in [7, 11) is 0. The molecule has 4 rings (SSSR count). The molecule has 2 atom stereocenters. The highest BCUT2D eigenvalue weighted by Crippen LogP contribution is 2.41. The average molecular weight is 382 g/mol. The minimum absolute atomic E-state index is 0.0862. The van der Waals surface area contributed by atoms with Crippen LogP contribution in [0.1, 0.15) is 12.2 Å². The molecule has 0 aromatic carbocycles. The van der Waals surface area contributed by atoms with Gasteiger partial charge in [0, 0.05) is 56.5 Å². The van der Waals surface area contributed by atoms with Gasteiger partial charge in [0.15, 0.2) is 5.82 Å². The van der Waals surface area contributed by atoms with Crippen molar-refractivity contribution in [3.05, 3.63) is 43.0 Å². The topological polar surface area (TPSA) is 96.0 Å². The maximum absolute atomic E-state index is 13.0. The van der Waals surface area contributed by atoms with Crippen molar-refractivity contribution >= 4 is 5.91 Å². The Kier molecular flexibility index (Phi) is 5.50. The maximum atomic E-state index is 13.0. The van der Waals surface area contributed by atoms with Crippen molar-refractivity contribution in [1.82, 2.24) is 30.4 Å². The van der Waals surface area contributed by atoms with Crippen LogP contribution in [-0.4, -0.2) is 70.4 Å². The van der Waals surface area contributed by atoms with Crippen molar-refractivity contribution < 1.29 is 9.53 Å². The van der Waals surface area contributed by atoms with Crippen LogP contribution < -0.4 is 5.32 Å². The van der Waals surface area contributed by atoms with Crippen LogP contribution in [0.2, 0.25) is 0 Å². The molecule has 0 bridgehead atoms. The van der Waals surface area contributed by atoms with Crippen LogP contribution >= 0.6 is 0 Å². The van der Waals surface area contributed by atoms with E-state index in [1.54, 1.807) is 12.4 Å². The molecule has 2 saturated heterocycles. The zero-order valence-corrected chi connectivity index (χ0v) is 15.9. The fourth-order valence-corrected chi connectivity index (χ4v) is 4.11. The van der Waals surface area contributed by atoms with Gasteiger partial charge in [0.2, 0.25) is 5.91 Å². The van der Waals surface area contributed by atoms with Gasteiger partial charge in [-0.3, -0.25) is 14.9 Å². The first-order valence-corrected chi connectivity index (χ1v) is 9.72. The zero-order valence-electron chi connectivity index (χ0n) is 15.9. The largest absolute Gasteiger partial charge is 0.380 e. The van der Waals surface area contributed by atoms with E-state index in [9.17, 15) is 4.79 Å². The molecule has 0 spiro atoms. The van der Waals surface area contributed by atoms with Crippen LogP contribution in [-0.2, 0) is 16.0 Å². The Balaban J connectivity index is 1.32. The lowest BCUT2D eigenvalue weighted by Gasteiger charge is -2.26. The van der Waals surface area contributed by atoms with Gasteiger partial charge < -0.3 is 15.0 Å². The highest BCUT2D eigenvalue weighted by molar-refractivity contribution is 5.84. The van der Waals surface area contributed by atoms with Crippen molar-refractivity contribution in [3.8, 4) is 11.4 Å². The number of ether oxygens (including phenoxy) is 1.